The first-order valence-electron chi connectivity index (χ1n) is 5.23. The number of amides is 1. The van der Waals surface area contributed by atoms with E-state index in [1.54, 1.807) is 19.2 Å². The van der Waals surface area contributed by atoms with Crippen LogP contribution in [-0.2, 0) is 0 Å². The van der Waals surface area contributed by atoms with Crippen LogP contribution in [0.1, 0.15) is 10.4 Å². The number of hydrogen-bond donors (Lipinski definition) is 1. The summed E-state index contributed by atoms with van der Waals surface area (Å²) in [7, 11) is 5.59. The Labute approximate surface area is 107 Å². The van der Waals surface area contributed by atoms with E-state index in [1.807, 2.05) is 31.1 Å². The average molecular weight is 251 g/mol. The molecule has 0 bridgehead atoms. The third kappa shape index (κ3) is 3.71. The van der Waals surface area contributed by atoms with E-state index in [4.69, 9.17) is 18.0 Å². The van der Waals surface area contributed by atoms with Gasteiger partial charge in [0.15, 0.2) is 0 Å². The fourth-order valence-corrected chi connectivity index (χ4v) is 1.62. The van der Waals surface area contributed by atoms with Crippen LogP contribution in [0, 0.1) is 0 Å². The van der Waals surface area contributed by atoms with Crippen LogP contribution in [0.15, 0.2) is 24.3 Å². The maximum Gasteiger partial charge on any atom is 0.253 e. The SMILES string of the molecule is CN(CC(N)=S)C(=O)c1ccc(N(C)C)cc1. The molecule has 0 aliphatic carbocycles. The van der Waals surface area contributed by atoms with Gasteiger partial charge in [0.1, 0.15) is 0 Å². The predicted molar refractivity (Wildman–Crippen MR) is 74.5 cm³/mol. The molecule has 1 aromatic carbocycles. The summed E-state index contributed by atoms with van der Waals surface area (Å²) in [6, 6.07) is 7.41. The molecule has 0 saturated carbocycles. The number of benzene rings is 1. The van der Waals surface area contributed by atoms with Crippen molar-refractivity contribution in [3.05, 3.63) is 29.8 Å². The predicted octanol–water partition coefficient (Wildman–Crippen LogP) is 1.11. The molecule has 0 spiro atoms. The van der Waals surface area contributed by atoms with Gasteiger partial charge in [-0.25, -0.2) is 0 Å². The Morgan fingerprint density at radius 3 is 2.18 bits per heavy atom. The van der Waals surface area contributed by atoms with Crippen LogP contribution in [0.2, 0.25) is 0 Å². The summed E-state index contributed by atoms with van der Waals surface area (Å²) in [5.41, 5.74) is 7.09. The molecule has 0 atom stereocenters. The minimum atomic E-state index is -0.0805. The fraction of sp³-hybridized carbons (Fsp3) is 0.333. The number of anilines is 1. The van der Waals surface area contributed by atoms with E-state index in [2.05, 4.69) is 0 Å². The van der Waals surface area contributed by atoms with Crippen molar-refractivity contribution in [1.82, 2.24) is 4.90 Å². The molecule has 0 aromatic heterocycles. The van der Waals surface area contributed by atoms with Crippen LogP contribution in [0.5, 0.6) is 0 Å². The molecule has 0 saturated heterocycles. The van der Waals surface area contributed by atoms with Crippen LogP contribution in [0.25, 0.3) is 0 Å². The molecular weight excluding hydrogens is 234 g/mol. The number of nitrogens with zero attached hydrogens (tertiary/aromatic N) is 2. The van der Waals surface area contributed by atoms with Gasteiger partial charge in [-0.1, -0.05) is 12.2 Å². The number of carbonyl (C=O) groups is 1. The van der Waals surface area contributed by atoms with Gasteiger partial charge in [0.2, 0.25) is 0 Å². The lowest BCUT2D eigenvalue weighted by molar-refractivity contribution is 0.0815. The van der Waals surface area contributed by atoms with Gasteiger partial charge in [-0.15, -0.1) is 0 Å². The Kier molecular flexibility index (Phi) is 4.45. The number of likely N-dealkylation sites (N-methyl/N-ethyl adjacent to an activating group) is 1. The number of carbonyl (C=O) groups excluding carboxylic acids is 1. The summed E-state index contributed by atoms with van der Waals surface area (Å²) in [5, 5.41) is 0. The highest BCUT2D eigenvalue weighted by atomic mass is 32.1. The zero-order valence-electron chi connectivity index (χ0n) is 10.3. The molecule has 5 heteroatoms. The van der Waals surface area contributed by atoms with E-state index >= 15 is 0 Å². The fourth-order valence-electron chi connectivity index (χ4n) is 1.43. The van der Waals surface area contributed by atoms with Crippen molar-refractivity contribution in [3.8, 4) is 0 Å². The Morgan fingerprint density at radius 2 is 1.76 bits per heavy atom. The number of hydrogen-bond acceptors (Lipinski definition) is 3. The van der Waals surface area contributed by atoms with Crippen LogP contribution >= 0.6 is 12.2 Å². The van der Waals surface area contributed by atoms with Crippen LogP contribution in [0.4, 0.5) is 5.69 Å². The molecule has 0 unspecified atom stereocenters. The van der Waals surface area contributed by atoms with Crippen molar-refractivity contribution in [3.63, 3.8) is 0 Å². The summed E-state index contributed by atoms with van der Waals surface area (Å²) < 4.78 is 0. The Bertz CT molecular complexity index is 414. The standard InChI is InChI=1S/C12H17N3OS/c1-14(2)10-6-4-9(5-7-10)12(16)15(3)8-11(13)17/h4-7H,8H2,1-3H3,(H2,13,17). The van der Waals surface area contributed by atoms with Crippen molar-refractivity contribution in [2.75, 3.05) is 32.6 Å². The second-order valence-corrected chi connectivity index (χ2v) is 4.59. The smallest absolute Gasteiger partial charge is 0.253 e. The first-order chi connectivity index (χ1) is 7.91. The number of nitrogens with two attached hydrogens (primary N) is 1. The van der Waals surface area contributed by atoms with Gasteiger partial charge in [-0.2, -0.15) is 0 Å². The summed E-state index contributed by atoms with van der Waals surface area (Å²) in [5.74, 6) is -0.0805. The van der Waals surface area contributed by atoms with Crippen molar-refractivity contribution in [2.24, 2.45) is 5.73 Å². The molecule has 1 amide bonds. The largest absolute Gasteiger partial charge is 0.392 e. The minimum absolute atomic E-state index is 0.0805. The van der Waals surface area contributed by atoms with Crippen LogP contribution in [0.3, 0.4) is 0 Å². The lowest BCUT2D eigenvalue weighted by Gasteiger charge is -2.17. The maximum atomic E-state index is 12.0. The third-order valence-electron chi connectivity index (χ3n) is 2.37. The van der Waals surface area contributed by atoms with Gasteiger partial charge < -0.3 is 15.5 Å². The Morgan fingerprint density at radius 1 is 1.24 bits per heavy atom. The molecule has 92 valence electrons. The molecule has 0 radical (unpaired) electrons. The van der Waals surface area contributed by atoms with Gasteiger partial charge in [0, 0.05) is 32.4 Å². The molecule has 17 heavy (non-hydrogen) atoms. The molecule has 0 aliphatic heterocycles. The monoisotopic (exact) mass is 251 g/mol. The van der Waals surface area contributed by atoms with Crippen molar-refractivity contribution in [1.29, 1.82) is 0 Å². The van der Waals surface area contributed by atoms with Gasteiger partial charge in [-0.05, 0) is 24.3 Å². The van der Waals surface area contributed by atoms with Gasteiger partial charge in [0.25, 0.3) is 5.91 Å². The molecule has 1 rings (SSSR count). The summed E-state index contributed by atoms with van der Waals surface area (Å²) in [4.78, 5) is 15.8. The van der Waals surface area contributed by atoms with Crippen molar-refractivity contribution in [2.45, 2.75) is 0 Å². The van der Waals surface area contributed by atoms with Crippen molar-refractivity contribution < 1.29 is 4.79 Å². The van der Waals surface area contributed by atoms with Gasteiger partial charge in [-0.3, -0.25) is 4.79 Å². The Hall–Kier alpha value is -1.62. The van der Waals surface area contributed by atoms with Gasteiger partial charge in [0.05, 0.1) is 11.5 Å². The van der Waals surface area contributed by atoms with E-state index in [9.17, 15) is 4.79 Å². The maximum absolute atomic E-state index is 12.0. The average Bonchev–Trinajstić information content (AvgIpc) is 2.27. The first kappa shape index (κ1) is 13.4. The topological polar surface area (TPSA) is 49.6 Å². The third-order valence-corrected chi connectivity index (χ3v) is 2.50. The van der Waals surface area contributed by atoms with E-state index < -0.39 is 0 Å². The highest BCUT2D eigenvalue weighted by molar-refractivity contribution is 7.80. The van der Waals surface area contributed by atoms with E-state index in [1.165, 1.54) is 4.90 Å². The zero-order chi connectivity index (χ0) is 13.0. The van der Waals surface area contributed by atoms with Crippen molar-refractivity contribution >= 4 is 28.8 Å². The number of rotatable bonds is 4. The van der Waals surface area contributed by atoms with Gasteiger partial charge >= 0.3 is 0 Å². The van der Waals surface area contributed by atoms with Crippen LogP contribution < -0.4 is 10.6 Å². The Balaban J connectivity index is 2.79. The highest BCUT2D eigenvalue weighted by Gasteiger charge is 2.12. The van der Waals surface area contributed by atoms with Crippen LogP contribution in [-0.4, -0.2) is 43.5 Å². The molecule has 1 aromatic rings. The lowest BCUT2D eigenvalue weighted by atomic mass is 10.2. The quantitative estimate of drug-likeness (QED) is 0.815. The van der Waals surface area contributed by atoms with E-state index in [0.717, 1.165) is 5.69 Å². The summed E-state index contributed by atoms with van der Waals surface area (Å²) in [6.45, 7) is 0.295. The molecule has 4 nitrogen and oxygen atoms in total. The second-order valence-electron chi connectivity index (χ2n) is 4.07. The highest BCUT2D eigenvalue weighted by Crippen LogP contribution is 2.13. The lowest BCUT2D eigenvalue weighted by Crippen LogP contribution is -2.34. The minimum Gasteiger partial charge on any atom is -0.392 e. The normalized spacial score (nSPS) is 9.82. The summed E-state index contributed by atoms with van der Waals surface area (Å²) >= 11 is 4.77. The molecule has 2 N–H and O–H groups in total. The summed E-state index contributed by atoms with van der Waals surface area (Å²) in [6.07, 6.45) is 0. The van der Waals surface area contributed by atoms with E-state index in [0.29, 0.717) is 17.1 Å². The first-order valence-corrected chi connectivity index (χ1v) is 5.64. The molecule has 0 aliphatic rings. The zero-order valence-corrected chi connectivity index (χ0v) is 11.1. The molecule has 0 heterocycles. The molecular formula is C12H17N3OS. The second kappa shape index (κ2) is 5.63. The number of thiocarbonyl (C=S) groups is 1. The van der Waals surface area contributed by atoms with E-state index in [-0.39, 0.29) is 5.91 Å². The molecule has 0 fully saturated rings.